The first-order chi connectivity index (χ1) is 22.7. The molecule has 3 aromatic carbocycles. The molecule has 250 valence electrons. The smallest absolute Gasteiger partial charge is 0.351 e. The van der Waals surface area contributed by atoms with E-state index in [0.29, 0.717) is 17.8 Å². The number of rotatable bonds is 16. The molecule has 1 atom stereocenters. The first kappa shape index (κ1) is 35.5. The van der Waals surface area contributed by atoms with Crippen LogP contribution in [0.3, 0.4) is 0 Å². The molecule has 0 amide bonds. The Hall–Kier alpha value is -4.39. The van der Waals surface area contributed by atoms with E-state index in [1.165, 1.54) is 7.11 Å². The van der Waals surface area contributed by atoms with Crippen molar-refractivity contribution >= 4 is 5.97 Å². The van der Waals surface area contributed by atoms with Gasteiger partial charge >= 0.3 is 5.97 Å². The molecule has 0 saturated carbocycles. The molecule has 0 aliphatic heterocycles. The third kappa shape index (κ3) is 8.91. The van der Waals surface area contributed by atoms with Crippen molar-refractivity contribution in [2.24, 2.45) is 0 Å². The van der Waals surface area contributed by atoms with Gasteiger partial charge in [0.15, 0.2) is 0 Å². The highest BCUT2D eigenvalue weighted by atomic mass is 16.6. The van der Waals surface area contributed by atoms with Gasteiger partial charge in [0.1, 0.15) is 17.3 Å². The highest BCUT2D eigenvalue weighted by Gasteiger charge is 2.26. The monoisotopic (exact) mass is 638 g/mol. The number of ether oxygens (including phenoxy) is 3. The molecular formula is C40H50N2O5. The maximum absolute atomic E-state index is 14.4. The van der Waals surface area contributed by atoms with Gasteiger partial charge in [-0.3, -0.25) is 9.36 Å². The van der Waals surface area contributed by atoms with E-state index in [0.717, 1.165) is 90.1 Å². The number of carbonyl (C=O) groups is 1. The van der Waals surface area contributed by atoms with Crippen LogP contribution >= 0.6 is 0 Å². The highest BCUT2D eigenvalue weighted by Crippen LogP contribution is 2.34. The van der Waals surface area contributed by atoms with Crippen LogP contribution in [0.1, 0.15) is 106 Å². The Morgan fingerprint density at radius 2 is 1.49 bits per heavy atom. The van der Waals surface area contributed by atoms with Gasteiger partial charge in [-0.25, -0.2) is 9.78 Å². The third-order valence-corrected chi connectivity index (χ3v) is 8.14. The van der Waals surface area contributed by atoms with Gasteiger partial charge in [0, 0.05) is 17.5 Å². The van der Waals surface area contributed by atoms with Gasteiger partial charge in [0.05, 0.1) is 24.6 Å². The number of methoxy groups -OCH3 is 1. The molecule has 4 rings (SSSR count). The van der Waals surface area contributed by atoms with Crippen LogP contribution in [-0.2, 0) is 35.2 Å². The number of hydrogen-bond acceptors (Lipinski definition) is 6. The fourth-order valence-corrected chi connectivity index (χ4v) is 6.00. The van der Waals surface area contributed by atoms with Crippen LogP contribution < -0.4 is 15.0 Å². The molecule has 47 heavy (non-hydrogen) atoms. The predicted octanol–water partition coefficient (Wildman–Crippen LogP) is 8.46. The number of aryl methyl sites for hydroxylation is 4. The van der Waals surface area contributed by atoms with Gasteiger partial charge in [-0.05, 0) is 87.4 Å². The number of nitrogens with zero attached hydrogens (tertiary/aromatic N) is 2. The Morgan fingerprint density at radius 3 is 2.04 bits per heavy atom. The van der Waals surface area contributed by atoms with Crippen molar-refractivity contribution in [1.29, 1.82) is 0 Å². The van der Waals surface area contributed by atoms with Gasteiger partial charge in [-0.2, -0.15) is 0 Å². The fraction of sp³-hybridized carbons (Fsp3) is 0.425. The number of aromatic nitrogens is 2. The lowest BCUT2D eigenvalue weighted by molar-refractivity contribution is -0.149. The van der Waals surface area contributed by atoms with E-state index >= 15 is 0 Å². The lowest BCUT2D eigenvalue weighted by Gasteiger charge is -2.23. The van der Waals surface area contributed by atoms with Gasteiger partial charge in [0.2, 0.25) is 6.10 Å². The van der Waals surface area contributed by atoms with Gasteiger partial charge in [0.25, 0.3) is 5.56 Å². The summed E-state index contributed by atoms with van der Waals surface area (Å²) in [6.45, 7) is 12.3. The zero-order chi connectivity index (χ0) is 33.9. The van der Waals surface area contributed by atoms with Crippen molar-refractivity contribution < 1.29 is 19.0 Å². The lowest BCUT2D eigenvalue weighted by Crippen LogP contribution is -2.28. The minimum Gasteiger partial charge on any atom is -0.491 e. The van der Waals surface area contributed by atoms with Crippen molar-refractivity contribution in [3.8, 4) is 17.2 Å². The molecule has 0 saturated heterocycles. The summed E-state index contributed by atoms with van der Waals surface area (Å²) in [5, 5.41) is 0. The topological polar surface area (TPSA) is 79.7 Å². The molecule has 0 aliphatic rings. The summed E-state index contributed by atoms with van der Waals surface area (Å²) in [6, 6.07) is 21.4. The summed E-state index contributed by atoms with van der Waals surface area (Å²) < 4.78 is 19.3. The minimum atomic E-state index is -0.885. The van der Waals surface area contributed by atoms with E-state index < -0.39 is 12.1 Å². The highest BCUT2D eigenvalue weighted by molar-refractivity contribution is 5.77. The molecule has 0 bridgehead atoms. The van der Waals surface area contributed by atoms with E-state index in [4.69, 9.17) is 19.2 Å². The zero-order valence-electron chi connectivity index (χ0n) is 29.1. The normalized spacial score (nSPS) is 11.8. The van der Waals surface area contributed by atoms with Crippen LogP contribution in [0, 0.1) is 6.92 Å². The number of unbranched alkanes of at least 4 members (excludes halogenated alkanes) is 1. The quantitative estimate of drug-likeness (QED) is 0.115. The predicted molar refractivity (Wildman–Crippen MR) is 188 cm³/mol. The second-order valence-electron chi connectivity index (χ2n) is 12.3. The molecule has 0 spiro atoms. The van der Waals surface area contributed by atoms with Crippen LogP contribution in [0.2, 0.25) is 0 Å². The molecule has 1 unspecified atom stereocenters. The summed E-state index contributed by atoms with van der Waals surface area (Å²) in [4.78, 5) is 32.3. The second kappa shape index (κ2) is 17.0. The standard InChI is InChI=1S/C40H50N2O5/c1-8-11-19-36-35(39(43)42(28(6)41-36)33-20-22-34(23-21-33)46-27(4)5)26-29-24-31(15-9-2)37(32(25-29)16-10-3)47-38(40(44)45-7)30-17-13-12-14-18-30/h12-14,17-18,20-25,27,38H,8-11,15-16,19,26H2,1-7H3. The second-order valence-corrected chi connectivity index (χ2v) is 12.3. The van der Waals surface area contributed by atoms with Crippen molar-refractivity contribution in [1.82, 2.24) is 9.55 Å². The third-order valence-electron chi connectivity index (χ3n) is 8.14. The zero-order valence-corrected chi connectivity index (χ0v) is 29.1. The van der Waals surface area contributed by atoms with E-state index in [2.05, 4.69) is 32.9 Å². The fourth-order valence-electron chi connectivity index (χ4n) is 6.00. The van der Waals surface area contributed by atoms with Crippen LogP contribution in [0.15, 0.2) is 71.5 Å². The average molecular weight is 639 g/mol. The maximum atomic E-state index is 14.4. The molecule has 0 N–H and O–H groups in total. The van der Waals surface area contributed by atoms with Gasteiger partial charge in [-0.1, -0.05) is 82.5 Å². The van der Waals surface area contributed by atoms with E-state index in [1.54, 1.807) is 4.57 Å². The van der Waals surface area contributed by atoms with Gasteiger partial charge < -0.3 is 14.2 Å². The number of benzene rings is 3. The summed E-state index contributed by atoms with van der Waals surface area (Å²) in [5.74, 6) is 1.71. The summed E-state index contributed by atoms with van der Waals surface area (Å²) >= 11 is 0. The molecule has 0 fully saturated rings. The van der Waals surface area contributed by atoms with E-state index in [1.807, 2.05) is 75.4 Å². The Labute approximate surface area is 279 Å². The molecule has 1 aromatic heterocycles. The van der Waals surface area contributed by atoms with Crippen molar-refractivity contribution in [3.05, 3.63) is 116 Å². The Balaban J connectivity index is 1.82. The summed E-state index contributed by atoms with van der Waals surface area (Å²) in [6.07, 6.45) is 5.67. The molecular weight excluding hydrogens is 588 g/mol. The van der Waals surface area contributed by atoms with Crippen LogP contribution in [0.5, 0.6) is 11.5 Å². The Kier molecular flexibility index (Phi) is 12.8. The summed E-state index contributed by atoms with van der Waals surface area (Å²) in [7, 11) is 1.39. The average Bonchev–Trinajstić information content (AvgIpc) is 3.06. The first-order valence-corrected chi connectivity index (χ1v) is 17.0. The van der Waals surface area contributed by atoms with Gasteiger partial charge in [-0.15, -0.1) is 0 Å². The SMILES string of the molecule is CCCCc1nc(C)n(-c2ccc(OC(C)C)cc2)c(=O)c1Cc1cc(CCC)c(OC(C(=O)OC)c2ccccc2)c(CCC)c1. The Morgan fingerprint density at radius 1 is 0.851 bits per heavy atom. The molecule has 0 aliphatic carbocycles. The van der Waals surface area contributed by atoms with E-state index in [9.17, 15) is 9.59 Å². The first-order valence-electron chi connectivity index (χ1n) is 17.0. The number of carbonyl (C=O) groups excluding carboxylic acids is 1. The van der Waals surface area contributed by atoms with Crippen molar-refractivity contribution in [2.75, 3.05) is 7.11 Å². The molecule has 4 aromatic rings. The molecule has 7 heteroatoms. The van der Waals surface area contributed by atoms with Crippen LogP contribution in [-0.4, -0.2) is 28.7 Å². The molecule has 0 radical (unpaired) electrons. The van der Waals surface area contributed by atoms with Crippen LogP contribution in [0.4, 0.5) is 0 Å². The maximum Gasteiger partial charge on any atom is 0.351 e. The summed E-state index contributed by atoms with van der Waals surface area (Å²) in [5.41, 5.74) is 6.09. The van der Waals surface area contributed by atoms with Crippen LogP contribution in [0.25, 0.3) is 5.69 Å². The van der Waals surface area contributed by atoms with Crippen molar-refractivity contribution in [3.63, 3.8) is 0 Å². The largest absolute Gasteiger partial charge is 0.491 e. The minimum absolute atomic E-state index is 0.0506. The Bertz CT molecular complexity index is 1650. The lowest BCUT2D eigenvalue weighted by atomic mass is 9.94. The van der Waals surface area contributed by atoms with E-state index in [-0.39, 0.29) is 11.7 Å². The van der Waals surface area contributed by atoms with Crippen molar-refractivity contribution in [2.45, 2.75) is 105 Å². The molecule has 7 nitrogen and oxygen atoms in total. The molecule has 1 heterocycles. The number of hydrogen-bond donors (Lipinski definition) is 0. The number of esters is 1.